The van der Waals surface area contributed by atoms with E-state index in [9.17, 15) is 24.3 Å². The Kier molecular flexibility index (Phi) is 8.00. The predicted molar refractivity (Wildman–Crippen MR) is 125 cm³/mol. The maximum absolute atomic E-state index is 13.3. The van der Waals surface area contributed by atoms with Crippen molar-refractivity contribution >= 4 is 47.1 Å². The van der Waals surface area contributed by atoms with Crippen LogP contribution in [0.1, 0.15) is 37.9 Å². The summed E-state index contributed by atoms with van der Waals surface area (Å²) in [4.78, 5) is 50.4. The zero-order valence-corrected chi connectivity index (χ0v) is 20.5. The van der Waals surface area contributed by atoms with Crippen LogP contribution in [-0.2, 0) is 33.4 Å². The van der Waals surface area contributed by atoms with Crippen LogP contribution in [-0.4, -0.2) is 70.4 Å². The molecule has 0 aromatic heterocycles. The molecule has 188 valence electrons. The van der Waals surface area contributed by atoms with Crippen LogP contribution in [0.3, 0.4) is 0 Å². The molecule has 1 aromatic rings. The van der Waals surface area contributed by atoms with Crippen LogP contribution in [0.5, 0.6) is 0 Å². The first-order valence-electron chi connectivity index (χ1n) is 11.1. The van der Waals surface area contributed by atoms with Crippen molar-refractivity contribution in [3.05, 3.63) is 46.1 Å². The summed E-state index contributed by atoms with van der Waals surface area (Å²) in [5, 5.41) is 12.2. The Morgan fingerprint density at radius 3 is 2.80 bits per heavy atom. The molecule has 2 amide bonds. The highest BCUT2D eigenvalue weighted by Gasteiger charge is 2.54. The van der Waals surface area contributed by atoms with Gasteiger partial charge >= 0.3 is 11.9 Å². The van der Waals surface area contributed by atoms with Crippen molar-refractivity contribution in [3.63, 3.8) is 0 Å². The molecule has 2 fully saturated rings. The number of esters is 1. The smallest absolute Gasteiger partial charge is 0.352 e. The largest absolute Gasteiger partial charge is 0.477 e. The lowest BCUT2D eigenvalue weighted by Crippen LogP contribution is -2.71. The third-order valence-electron chi connectivity index (χ3n) is 5.81. The molecule has 2 saturated heterocycles. The summed E-state index contributed by atoms with van der Waals surface area (Å²) in [5.74, 6) is -2.73. The van der Waals surface area contributed by atoms with Gasteiger partial charge in [0.05, 0.1) is 0 Å². The number of fused-ring (bicyclic) bond motifs is 1. The number of ether oxygens (including phenoxy) is 3. The summed E-state index contributed by atoms with van der Waals surface area (Å²) in [6.45, 7) is 1.53. The quantitative estimate of drug-likeness (QED) is 0.388. The van der Waals surface area contributed by atoms with Gasteiger partial charge in [-0.1, -0.05) is 23.7 Å². The van der Waals surface area contributed by atoms with Crippen molar-refractivity contribution in [3.8, 4) is 0 Å². The van der Waals surface area contributed by atoms with Crippen LogP contribution in [0.15, 0.2) is 35.5 Å². The minimum Gasteiger partial charge on any atom is -0.477 e. The molecule has 1 aromatic carbocycles. The number of thioether (sulfide) groups is 1. The Balaban J connectivity index is 1.50. The molecule has 2 unspecified atom stereocenters. The van der Waals surface area contributed by atoms with Crippen molar-refractivity contribution < 1.29 is 38.5 Å². The van der Waals surface area contributed by atoms with E-state index in [4.69, 9.17) is 25.8 Å². The lowest BCUT2D eigenvalue weighted by Gasteiger charge is -2.49. The van der Waals surface area contributed by atoms with Gasteiger partial charge in [-0.3, -0.25) is 19.3 Å². The van der Waals surface area contributed by atoms with E-state index in [1.54, 1.807) is 24.3 Å². The van der Waals surface area contributed by atoms with Gasteiger partial charge in [-0.2, -0.15) is 0 Å². The van der Waals surface area contributed by atoms with Crippen molar-refractivity contribution in [1.82, 2.24) is 10.2 Å². The third-order valence-corrected chi connectivity index (χ3v) is 7.39. The summed E-state index contributed by atoms with van der Waals surface area (Å²) in [6, 6.07) is 5.76. The molecule has 3 aliphatic rings. The number of carboxylic acids is 1. The minimum atomic E-state index is -1.30. The topological polar surface area (TPSA) is 131 Å². The molecule has 3 heterocycles. The fourth-order valence-electron chi connectivity index (χ4n) is 4.14. The molecule has 2 N–H and O–H groups in total. The molecule has 35 heavy (non-hydrogen) atoms. The number of carbonyl (C=O) groups is 4. The van der Waals surface area contributed by atoms with Crippen LogP contribution in [0.2, 0.25) is 5.02 Å². The summed E-state index contributed by atoms with van der Waals surface area (Å²) < 4.78 is 16.6. The van der Waals surface area contributed by atoms with Gasteiger partial charge < -0.3 is 24.6 Å². The Morgan fingerprint density at radius 1 is 1.34 bits per heavy atom. The van der Waals surface area contributed by atoms with Crippen LogP contribution >= 0.6 is 23.4 Å². The molecule has 4 rings (SSSR count). The molecule has 0 saturated carbocycles. The second-order valence-electron chi connectivity index (χ2n) is 8.30. The highest BCUT2D eigenvalue weighted by atomic mass is 35.5. The maximum Gasteiger partial charge on any atom is 0.352 e. The highest BCUT2D eigenvalue weighted by Crippen LogP contribution is 2.40. The molecule has 10 nitrogen and oxygen atoms in total. The Labute approximate surface area is 210 Å². The van der Waals surface area contributed by atoms with Gasteiger partial charge in [0, 0.05) is 29.9 Å². The number of carboxylic acid groups (broad SMARTS) is 1. The molecule has 0 aliphatic carbocycles. The summed E-state index contributed by atoms with van der Waals surface area (Å²) >= 11 is 7.41. The fourth-order valence-corrected chi connectivity index (χ4v) is 5.67. The van der Waals surface area contributed by atoms with E-state index in [1.807, 2.05) is 0 Å². The molecule has 0 radical (unpaired) electrons. The average molecular weight is 525 g/mol. The number of hydrogen-bond acceptors (Lipinski definition) is 8. The first-order chi connectivity index (χ1) is 16.8. The number of hydrogen-bond donors (Lipinski definition) is 2. The van der Waals surface area contributed by atoms with Gasteiger partial charge in [0.25, 0.3) is 11.8 Å². The zero-order chi connectivity index (χ0) is 25.1. The lowest BCUT2D eigenvalue weighted by atomic mass is 10.0. The first-order valence-corrected chi connectivity index (χ1v) is 12.5. The third kappa shape index (κ3) is 5.64. The van der Waals surface area contributed by atoms with E-state index < -0.39 is 47.6 Å². The summed E-state index contributed by atoms with van der Waals surface area (Å²) in [5.41, 5.74) is 0.615. The molecule has 4 atom stereocenters. The first kappa shape index (κ1) is 25.5. The number of aliphatic carboxylic acids is 1. The van der Waals surface area contributed by atoms with Gasteiger partial charge in [-0.15, -0.1) is 11.8 Å². The monoisotopic (exact) mass is 524 g/mol. The molecule has 0 spiro atoms. The van der Waals surface area contributed by atoms with Gasteiger partial charge in [0.15, 0.2) is 12.4 Å². The van der Waals surface area contributed by atoms with Gasteiger partial charge in [0.1, 0.15) is 23.7 Å². The number of amides is 2. The number of halogens is 1. The highest BCUT2D eigenvalue weighted by molar-refractivity contribution is 8.00. The second kappa shape index (κ2) is 11.0. The zero-order valence-electron chi connectivity index (χ0n) is 18.9. The normalized spacial score (nSPS) is 24.8. The number of β-lactam (4-membered cyclic amide) rings is 1. The van der Waals surface area contributed by atoms with E-state index in [-0.39, 0.29) is 18.1 Å². The van der Waals surface area contributed by atoms with Crippen LogP contribution in [0, 0.1) is 0 Å². The van der Waals surface area contributed by atoms with Gasteiger partial charge in [-0.25, -0.2) is 4.79 Å². The van der Waals surface area contributed by atoms with Crippen molar-refractivity contribution in [2.24, 2.45) is 0 Å². The molecule has 3 aliphatic heterocycles. The molecular weight excluding hydrogens is 500 g/mol. The minimum absolute atomic E-state index is 0.219. The Bertz CT molecular complexity index is 1060. The Hall–Kier alpha value is -2.60. The van der Waals surface area contributed by atoms with E-state index in [0.717, 1.165) is 17.7 Å². The SMILES string of the molecule is CC(=O)OCC1=C(C(=O)O)N2C(=O)[C@H](NC(=O)C(OC3CCCCO3)c3cccc(Cl)c3)[C@H]2SC1. The fraction of sp³-hybridized carbons (Fsp3) is 0.478. The number of carbonyl (C=O) groups excluding carboxylic acids is 3. The number of nitrogens with one attached hydrogen (secondary N) is 1. The van der Waals surface area contributed by atoms with E-state index in [0.29, 0.717) is 29.2 Å². The van der Waals surface area contributed by atoms with E-state index >= 15 is 0 Å². The second-order valence-corrected chi connectivity index (χ2v) is 9.84. The van der Waals surface area contributed by atoms with Gasteiger partial charge in [0.2, 0.25) is 0 Å². The van der Waals surface area contributed by atoms with Crippen LogP contribution in [0.4, 0.5) is 0 Å². The predicted octanol–water partition coefficient (Wildman–Crippen LogP) is 2.23. The van der Waals surface area contributed by atoms with Crippen LogP contribution in [0.25, 0.3) is 0 Å². The lowest BCUT2D eigenvalue weighted by molar-refractivity contribution is -0.195. The van der Waals surface area contributed by atoms with Crippen LogP contribution < -0.4 is 5.32 Å². The summed E-state index contributed by atoms with van der Waals surface area (Å²) in [6.07, 6.45) is 0.820. The van der Waals surface area contributed by atoms with Crippen molar-refractivity contribution in [2.45, 2.75) is 50.0 Å². The summed E-state index contributed by atoms with van der Waals surface area (Å²) in [7, 11) is 0. The molecular formula is C23H25ClN2O8S. The van der Waals surface area contributed by atoms with Crippen molar-refractivity contribution in [1.29, 1.82) is 0 Å². The van der Waals surface area contributed by atoms with E-state index in [2.05, 4.69) is 5.32 Å². The van der Waals surface area contributed by atoms with Gasteiger partial charge in [-0.05, 0) is 37.0 Å². The maximum atomic E-state index is 13.3. The standard InChI is InChI=1S/C23H25ClN2O8S/c1-12(27)33-10-14-11-35-22-17(21(29)26(22)18(14)23(30)31)25-20(28)19(13-5-4-6-15(24)9-13)34-16-7-2-3-8-32-16/h4-6,9,16-17,19,22H,2-3,7-8,10-11H2,1H3,(H,25,28)(H,30,31)/t16?,17-,19?,22+/m0/s1. The van der Waals surface area contributed by atoms with Crippen molar-refractivity contribution in [2.75, 3.05) is 19.0 Å². The van der Waals surface area contributed by atoms with E-state index in [1.165, 1.54) is 18.7 Å². The molecule has 12 heteroatoms. The number of rotatable bonds is 8. The Morgan fingerprint density at radius 2 is 2.14 bits per heavy atom. The molecule has 0 bridgehead atoms. The number of nitrogens with zero attached hydrogens (tertiary/aromatic N) is 1. The average Bonchev–Trinajstić information content (AvgIpc) is 2.84. The number of benzene rings is 1.